The lowest BCUT2D eigenvalue weighted by Gasteiger charge is -2.37. The maximum absolute atomic E-state index is 12.7. The van der Waals surface area contributed by atoms with Crippen molar-refractivity contribution in [3.05, 3.63) is 58.1 Å². The lowest BCUT2D eigenvalue weighted by Crippen LogP contribution is -2.47. The third kappa shape index (κ3) is 4.72. The summed E-state index contributed by atoms with van der Waals surface area (Å²) in [4.78, 5) is 15.2. The van der Waals surface area contributed by atoms with Gasteiger partial charge in [0.05, 0.1) is 12.0 Å². The fraction of sp³-hybridized carbons (Fsp3) is 0.400. The van der Waals surface area contributed by atoms with Gasteiger partial charge >= 0.3 is 0 Å². The van der Waals surface area contributed by atoms with Gasteiger partial charge in [0.15, 0.2) is 0 Å². The van der Waals surface area contributed by atoms with Crippen molar-refractivity contribution in [2.75, 3.05) is 51.5 Å². The average molecular weight is 403 g/mol. The minimum atomic E-state index is -2.64. The van der Waals surface area contributed by atoms with E-state index < -0.39 is 12.1 Å². The van der Waals surface area contributed by atoms with Crippen molar-refractivity contribution in [1.82, 2.24) is 4.90 Å². The summed E-state index contributed by atoms with van der Waals surface area (Å²) in [6.45, 7) is 7.47. The highest BCUT2D eigenvalue weighted by Crippen LogP contribution is 2.40. The third-order valence-corrected chi connectivity index (χ3v) is 6.52. The van der Waals surface area contributed by atoms with Crippen LogP contribution in [0.2, 0.25) is 0 Å². The molecule has 0 atom stereocenters. The van der Waals surface area contributed by atoms with Crippen LogP contribution in [-0.2, 0) is 11.1 Å². The van der Waals surface area contributed by atoms with Gasteiger partial charge in [0.1, 0.15) is 12.9 Å². The fourth-order valence-corrected chi connectivity index (χ4v) is 4.71. The van der Waals surface area contributed by atoms with Gasteiger partial charge in [-0.1, -0.05) is 12.1 Å². The van der Waals surface area contributed by atoms with Crippen molar-refractivity contribution in [2.24, 2.45) is 0 Å². The molecule has 1 aliphatic heterocycles. The molecule has 8 heteroatoms. The number of nitro groups is 1. The molecule has 1 aliphatic rings. The van der Waals surface area contributed by atoms with Crippen LogP contribution in [0.15, 0.2) is 42.5 Å². The molecule has 0 aliphatic carbocycles. The van der Waals surface area contributed by atoms with Crippen LogP contribution in [0.4, 0.5) is 11.4 Å². The zero-order chi connectivity index (χ0) is 20.3. The molecule has 0 spiro atoms. The quantitative estimate of drug-likeness (QED) is 0.419. The average Bonchev–Trinajstić information content (AvgIpc) is 2.67. The standard InChI is InChI=1S/C20H26N3O4P/c1-27-18-6-4-5-16(13-18)15-21-9-11-22(12-10-21)19-8-7-17(23(24)25)14-20(19)28(2,3)26/h4-8,13-14H,9-12,15H2,1-3H3. The summed E-state index contributed by atoms with van der Waals surface area (Å²) >= 11 is 0. The number of non-ortho nitro benzene ring substituents is 1. The Morgan fingerprint density at radius 2 is 1.82 bits per heavy atom. The Morgan fingerprint density at radius 1 is 1.11 bits per heavy atom. The van der Waals surface area contributed by atoms with Crippen LogP contribution in [0.25, 0.3) is 0 Å². The molecule has 28 heavy (non-hydrogen) atoms. The summed E-state index contributed by atoms with van der Waals surface area (Å²) < 4.78 is 18.0. The van der Waals surface area contributed by atoms with Gasteiger partial charge in [0.2, 0.25) is 0 Å². The van der Waals surface area contributed by atoms with Crippen LogP contribution in [0.3, 0.4) is 0 Å². The van der Waals surface area contributed by atoms with Crippen molar-refractivity contribution in [2.45, 2.75) is 6.54 Å². The second-order valence-corrected chi connectivity index (χ2v) is 10.6. The van der Waals surface area contributed by atoms with Gasteiger partial charge in [-0.15, -0.1) is 0 Å². The first-order chi connectivity index (χ1) is 13.3. The highest BCUT2D eigenvalue weighted by Gasteiger charge is 2.25. The molecular weight excluding hydrogens is 377 g/mol. The van der Waals surface area contributed by atoms with Gasteiger partial charge < -0.3 is 14.2 Å². The van der Waals surface area contributed by atoms with Gasteiger partial charge in [-0.05, 0) is 37.1 Å². The van der Waals surface area contributed by atoms with Crippen molar-refractivity contribution in [3.8, 4) is 5.75 Å². The summed E-state index contributed by atoms with van der Waals surface area (Å²) in [5.41, 5.74) is 2.04. The number of piperazine rings is 1. The second-order valence-electron chi connectivity index (χ2n) is 7.40. The van der Waals surface area contributed by atoms with E-state index in [1.807, 2.05) is 18.2 Å². The van der Waals surface area contributed by atoms with E-state index in [9.17, 15) is 14.7 Å². The number of hydrogen-bond donors (Lipinski definition) is 0. The molecule has 0 saturated carbocycles. The zero-order valence-corrected chi connectivity index (χ0v) is 17.4. The van der Waals surface area contributed by atoms with Crippen molar-refractivity contribution >= 4 is 23.8 Å². The van der Waals surface area contributed by atoms with E-state index in [2.05, 4.69) is 15.9 Å². The van der Waals surface area contributed by atoms with Crippen LogP contribution >= 0.6 is 7.14 Å². The van der Waals surface area contributed by atoms with Crippen molar-refractivity contribution in [3.63, 3.8) is 0 Å². The molecule has 2 aromatic carbocycles. The highest BCUT2D eigenvalue weighted by atomic mass is 31.2. The van der Waals surface area contributed by atoms with E-state index in [1.54, 1.807) is 26.5 Å². The molecular formula is C20H26N3O4P. The number of nitrogens with zero attached hydrogens (tertiary/aromatic N) is 3. The van der Waals surface area contributed by atoms with Crippen LogP contribution in [0.5, 0.6) is 5.75 Å². The van der Waals surface area contributed by atoms with Gasteiger partial charge in [0, 0.05) is 55.8 Å². The summed E-state index contributed by atoms with van der Waals surface area (Å²) in [6.07, 6.45) is 0. The first-order valence-corrected chi connectivity index (χ1v) is 11.8. The molecule has 0 aromatic heterocycles. The first kappa shape index (κ1) is 20.4. The van der Waals surface area contributed by atoms with Gasteiger partial charge in [0.25, 0.3) is 5.69 Å². The zero-order valence-electron chi connectivity index (χ0n) is 16.5. The predicted molar refractivity (Wildman–Crippen MR) is 113 cm³/mol. The van der Waals surface area contributed by atoms with E-state index in [0.717, 1.165) is 44.2 Å². The number of methoxy groups -OCH3 is 1. The third-order valence-electron chi connectivity index (χ3n) is 5.00. The fourth-order valence-electron chi connectivity index (χ4n) is 3.50. The Hall–Kier alpha value is -2.37. The Bertz CT molecular complexity index is 904. The number of nitro benzene ring substituents is 1. The Labute approximate surface area is 165 Å². The smallest absolute Gasteiger partial charge is 0.270 e. The lowest BCUT2D eigenvalue weighted by atomic mass is 10.1. The molecule has 0 N–H and O–H groups in total. The number of benzene rings is 2. The molecule has 0 amide bonds. The predicted octanol–water partition coefficient (Wildman–Crippen LogP) is 3.17. The molecule has 0 unspecified atom stereocenters. The normalized spacial score (nSPS) is 15.5. The molecule has 1 heterocycles. The van der Waals surface area contributed by atoms with Crippen LogP contribution < -0.4 is 14.9 Å². The van der Waals surface area contributed by atoms with Crippen LogP contribution in [0, 0.1) is 10.1 Å². The molecule has 0 bridgehead atoms. The van der Waals surface area contributed by atoms with E-state index in [1.165, 1.54) is 17.7 Å². The minimum Gasteiger partial charge on any atom is -0.497 e. The Balaban J connectivity index is 1.72. The van der Waals surface area contributed by atoms with Crippen LogP contribution in [-0.4, -0.2) is 56.4 Å². The molecule has 1 saturated heterocycles. The summed E-state index contributed by atoms with van der Waals surface area (Å²) in [5.74, 6) is 0.855. The van der Waals surface area contributed by atoms with E-state index in [4.69, 9.17) is 4.74 Å². The van der Waals surface area contributed by atoms with Crippen molar-refractivity contribution < 1.29 is 14.2 Å². The Kier molecular flexibility index (Phi) is 6.06. The molecule has 1 fully saturated rings. The summed E-state index contributed by atoms with van der Waals surface area (Å²) in [6, 6.07) is 12.8. The van der Waals surface area contributed by atoms with Gasteiger partial charge in [-0.25, -0.2) is 0 Å². The topological polar surface area (TPSA) is 75.9 Å². The first-order valence-electron chi connectivity index (χ1n) is 9.22. The summed E-state index contributed by atoms with van der Waals surface area (Å²) in [5, 5.41) is 11.7. The summed E-state index contributed by atoms with van der Waals surface area (Å²) in [7, 11) is -0.975. The molecule has 7 nitrogen and oxygen atoms in total. The molecule has 0 radical (unpaired) electrons. The maximum atomic E-state index is 12.7. The maximum Gasteiger partial charge on any atom is 0.270 e. The number of ether oxygens (including phenoxy) is 1. The molecule has 2 aromatic rings. The van der Waals surface area contributed by atoms with Gasteiger partial charge in [-0.3, -0.25) is 15.0 Å². The minimum absolute atomic E-state index is 0.0145. The monoisotopic (exact) mass is 403 g/mol. The van der Waals surface area contributed by atoms with E-state index >= 15 is 0 Å². The SMILES string of the molecule is COc1cccc(CN2CCN(c3ccc([N+](=O)[O-])cc3P(C)(C)=O)CC2)c1. The number of anilines is 1. The van der Waals surface area contributed by atoms with Crippen molar-refractivity contribution in [1.29, 1.82) is 0 Å². The molecule has 150 valence electrons. The van der Waals surface area contributed by atoms with Gasteiger partial charge in [-0.2, -0.15) is 0 Å². The molecule has 3 rings (SSSR count). The number of hydrogen-bond acceptors (Lipinski definition) is 6. The Morgan fingerprint density at radius 3 is 2.43 bits per heavy atom. The highest BCUT2D eigenvalue weighted by molar-refractivity contribution is 7.70. The largest absolute Gasteiger partial charge is 0.497 e. The lowest BCUT2D eigenvalue weighted by molar-refractivity contribution is -0.384. The second kappa shape index (κ2) is 8.33. The van der Waals surface area contributed by atoms with E-state index in [-0.39, 0.29) is 5.69 Å². The number of rotatable bonds is 6. The van der Waals surface area contributed by atoms with E-state index in [0.29, 0.717) is 5.30 Å². The van der Waals surface area contributed by atoms with Crippen LogP contribution in [0.1, 0.15) is 5.56 Å².